The highest BCUT2D eigenvalue weighted by Crippen LogP contribution is 2.24. The van der Waals surface area contributed by atoms with Crippen LogP contribution in [0.25, 0.3) is 0 Å². The van der Waals surface area contributed by atoms with Crippen molar-refractivity contribution in [3.63, 3.8) is 0 Å². The van der Waals surface area contributed by atoms with Crippen LogP contribution in [0.3, 0.4) is 0 Å². The van der Waals surface area contributed by atoms with Crippen molar-refractivity contribution in [2.75, 3.05) is 31.6 Å². The van der Waals surface area contributed by atoms with Gasteiger partial charge in [-0.2, -0.15) is 5.10 Å². The van der Waals surface area contributed by atoms with E-state index in [2.05, 4.69) is 10.4 Å². The Morgan fingerprint density at radius 2 is 2.11 bits per heavy atom. The monoisotopic (exact) mass is 245 g/mol. The molecule has 0 aliphatic carbocycles. The quantitative estimate of drug-likeness (QED) is 0.802. The van der Waals surface area contributed by atoms with Crippen LogP contribution < -0.4 is 5.32 Å². The van der Waals surface area contributed by atoms with E-state index in [1.807, 2.05) is 30.1 Å². The Bertz CT molecular complexity index is 519. The van der Waals surface area contributed by atoms with Gasteiger partial charge in [0.2, 0.25) is 0 Å². The van der Waals surface area contributed by atoms with Crippen LogP contribution in [0.5, 0.6) is 0 Å². The van der Waals surface area contributed by atoms with Gasteiger partial charge in [0.25, 0.3) is 5.91 Å². The first kappa shape index (κ1) is 11.2. The molecule has 2 heterocycles. The number of hydrogen-bond donors (Lipinski definition) is 1. The fraction of sp³-hybridized carbons (Fsp3) is 0.385. The molecule has 5 heteroatoms. The second-order valence-corrected chi connectivity index (χ2v) is 4.52. The van der Waals surface area contributed by atoms with Crippen molar-refractivity contribution in [1.82, 2.24) is 5.01 Å². The van der Waals surface area contributed by atoms with E-state index in [1.165, 1.54) is 0 Å². The van der Waals surface area contributed by atoms with E-state index >= 15 is 0 Å². The molecule has 18 heavy (non-hydrogen) atoms. The lowest BCUT2D eigenvalue weighted by Gasteiger charge is -2.24. The normalized spacial score (nSPS) is 21.1. The third-order valence-electron chi connectivity index (χ3n) is 3.12. The summed E-state index contributed by atoms with van der Waals surface area (Å²) in [5.74, 6) is -0.123. The van der Waals surface area contributed by atoms with Gasteiger partial charge in [-0.25, -0.2) is 0 Å². The predicted molar refractivity (Wildman–Crippen MR) is 68.7 cm³/mol. The van der Waals surface area contributed by atoms with Gasteiger partial charge in [0.1, 0.15) is 0 Å². The lowest BCUT2D eigenvalue weighted by molar-refractivity contribution is -0.110. The van der Waals surface area contributed by atoms with Crippen molar-refractivity contribution >= 4 is 17.3 Å². The number of carbonyl (C=O) groups is 1. The van der Waals surface area contributed by atoms with Gasteiger partial charge >= 0.3 is 0 Å². The minimum atomic E-state index is -0.123. The summed E-state index contributed by atoms with van der Waals surface area (Å²) in [6.45, 7) is 4.81. The topological polar surface area (TPSA) is 53.9 Å². The van der Waals surface area contributed by atoms with Crippen molar-refractivity contribution in [1.29, 1.82) is 0 Å². The maximum Gasteiger partial charge on any atom is 0.276 e. The number of anilines is 1. The first-order valence-electron chi connectivity index (χ1n) is 6.08. The summed E-state index contributed by atoms with van der Waals surface area (Å²) >= 11 is 0. The average molecular weight is 245 g/mol. The molecule has 94 valence electrons. The number of nitrogens with one attached hydrogen (secondary N) is 1. The summed E-state index contributed by atoms with van der Waals surface area (Å²) in [6, 6.07) is 5.90. The molecule has 1 amide bonds. The van der Waals surface area contributed by atoms with Crippen LogP contribution in [0.4, 0.5) is 5.69 Å². The molecular weight excluding hydrogens is 230 g/mol. The van der Waals surface area contributed by atoms with Crippen molar-refractivity contribution in [2.24, 2.45) is 5.10 Å². The Morgan fingerprint density at radius 1 is 1.33 bits per heavy atom. The Kier molecular flexibility index (Phi) is 2.76. The minimum Gasteiger partial charge on any atom is -0.378 e. The summed E-state index contributed by atoms with van der Waals surface area (Å²) in [7, 11) is 0. The zero-order chi connectivity index (χ0) is 12.5. The number of morpholine rings is 1. The van der Waals surface area contributed by atoms with E-state index in [4.69, 9.17) is 4.74 Å². The number of aryl methyl sites for hydroxylation is 1. The lowest BCUT2D eigenvalue weighted by atomic mass is 10.1. The first-order chi connectivity index (χ1) is 8.74. The third-order valence-corrected chi connectivity index (χ3v) is 3.12. The number of benzene rings is 1. The summed E-state index contributed by atoms with van der Waals surface area (Å²) in [6.07, 6.45) is 0. The van der Waals surface area contributed by atoms with Crippen molar-refractivity contribution in [3.8, 4) is 0 Å². The molecule has 0 aromatic heterocycles. The Hall–Kier alpha value is -1.88. The lowest BCUT2D eigenvalue weighted by Crippen LogP contribution is -2.34. The van der Waals surface area contributed by atoms with E-state index in [0.717, 1.165) is 29.9 Å². The van der Waals surface area contributed by atoms with Gasteiger partial charge < -0.3 is 10.1 Å². The second kappa shape index (κ2) is 4.42. The van der Waals surface area contributed by atoms with E-state index in [0.29, 0.717) is 18.9 Å². The molecule has 0 unspecified atom stereocenters. The Labute approximate surface area is 105 Å². The number of hydrazone groups is 1. The second-order valence-electron chi connectivity index (χ2n) is 4.52. The molecule has 0 spiro atoms. The van der Waals surface area contributed by atoms with Crippen LogP contribution in [0.2, 0.25) is 0 Å². The summed E-state index contributed by atoms with van der Waals surface area (Å²) in [5, 5.41) is 9.19. The van der Waals surface area contributed by atoms with Crippen LogP contribution in [-0.4, -0.2) is 42.9 Å². The highest BCUT2D eigenvalue weighted by atomic mass is 16.5. The zero-order valence-corrected chi connectivity index (χ0v) is 10.3. The van der Waals surface area contributed by atoms with Crippen LogP contribution in [0.1, 0.15) is 11.1 Å². The fourth-order valence-electron chi connectivity index (χ4n) is 2.16. The SMILES string of the molecule is Cc1ccc2c(c1)/C(=N/N1CCOCC1)C(=O)N2. The van der Waals surface area contributed by atoms with Gasteiger partial charge in [-0.3, -0.25) is 9.80 Å². The van der Waals surface area contributed by atoms with Gasteiger partial charge in [0.05, 0.1) is 32.0 Å². The molecule has 1 aromatic rings. The average Bonchev–Trinajstić information content (AvgIpc) is 2.67. The third kappa shape index (κ3) is 1.97. The number of carbonyl (C=O) groups excluding carboxylic acids is 1. The zero-order valence-electron chi connectivity index (χ0n) is 10.3. The van der Waals surface area contributed by atoms with Crippen LogP contribution >= 0.6 is 0 Å². The van der Waals surface area contributed by atoms with Gasteiger partial charge in [-0.1, -0.05) is 11.6 Å². The molecule has 1 aromatic carbocycles. The largest absolute Gasteiger partial charge is 0.378 e. The van der Waals surface area contributed by atoms with E-state index in [-0.39, 0.29) is 5.91 Å². The first-order valence-corrected chi connectivity index (χ1v) is 6.08. The number of ether oxygens (including phenoxy) is 1. The van der Waals surface area contributed by atoms with Gasteiger partial charge in [0, 0.05) is 5.56 Å². The number of hydrogen-bond acceptors (Lipinski definition) is 4. The highest BCUT2D eigenvalue weighted by molar-refractivity contribution is 6.53. The molecule has 0 atom stereocenters. The molecule has 1 N–H and O–H groups in total. The van der Waals surface area contributed by atoms with Gasteiger partial charge in [0.15, 0.2) is 5.71 Å². The maximum absolute atomic E-state index is 11.9. The predicted octanol–water partition coefficient (Wildman–Crippen LogP) is 0.983. The standard InChI is InChI=1S/C13H15N3O2/c1-9-2-3-11-10(8-9)12(13(17)14-11)15-16-4-6-18-7-5-16/h2-3,8H,4-7H2,1H3,(H,14,15,17). The highest BCUT2D eigenvalue weighted by Gasteiger charge is 2.27. The fourth-order valence-corrected chi connectivity index (χ4v) is 2.16. The minimum absolute atomic E-state index is 0.123. The molecule has 0 radical (unpaired) electrons. The van der Waals surface area contributed by atoms with Crippen LogP contribution in [-0.2, 0) is 9.53 Å². The van der Waals surface area contributed by atoms with E-state index < -0.39 is 0 Å². The maximum atomic E-state index is 11.9. The molecule has 1 saturated heterocycles. The molecule has 0 saturated carbocycles. The van der Waals surface area contributed by atoms with Gasteiger partial charge in [-0.15, -0.1) is 0 Å². The molecular formula is C13H15N3O2. The smallest absolute Gasteiger partial charge is 0.276 e. The summed E-state index contributed by atoms with van der Waals surface area (Å²) in [5.41, 5.74) is 3.37. The Morgan fingerprint density at radius 3 is 2.89 bits per heavy atom. The van der Waals surface area contributed by atoms with E-state index in [1.54, 1.807) is 0 Å². The van der Waals surface area contributed by atoms with Crippen LogP contribution in [0, 0.1) is 6.92 Å². The summed E-state index contributed by atoms with van der Waals surface area (Å²) < 4.78 is 5.27. The van der Waals surface area contributed by atoms with E-state index in [9.17, 15) is 4.79 Å². The molecule has 5 nitrogen and oxygen atoms in total. The molecule has 0 bridgehead atoms. The molecule has 2 aliphatic rings. The molecule has 3 rings (SSSR count). The number of fused-ring (bicyclic) bond motifs is 1. The van der Waals surface area contributed by atoms with Crippen molar-refractivity contribution in [3.05, 3.63) is 29.3 Å². The molecule has 2 aliphatic heterocycles. The summed E-state index contributed by atoms with van der Waals surface area (Å²) in [4.78, 5) is 11.9. The van der Waals surface area contributed by atoms with Crippen molar-refractivity contribution < 1.29 is 9.53 Å². The number of nitrogens with zero attached hydrogens (tertiary/aromatic N) is 2. The number of rotatable bonds is 1. The Balaban J connectivity index is 1.95. The van der Waals surface area contributed by atoms with Gasteiger partial charge in [-0.05, 0) is 19.1 Å². The van der Waals surface area contributed by atoms with Crippen molar-refractivity contribution in [2.45, 2.75) is 6.92 Å². The van der Waals surface area contributed by atoms with Crippen LogP contribution in [0.15, 0.2) is 23.3 Å². The number of amides is 1. The molecule has 1 fully saturated rings.